The number of benzene rings is 1. The maximum Gasteiger partial charge on any atom is 0.165 e. The van der Waals surface area contributed by atoms with Crippen molar-refractivity contribution in [2.24, 2.45) is 0 Å². The molecular formula is C14H13ClN4. The van der Waals surface area contributed by atoms with Crippen LogP contribution in [0.1, 0.15) is 5.69 Å². The van der Waals surface area contributed by atoms with E-state index in [1.807, 2.05) is 44.3 Å². The van der Waals surface area contributed by atoms with Gasteiger partial charge in [0.05, 0.1) is 6.20 Å². The molecule has 0 aliphatic rings. The summed E-state index contributed by atoms with van der Waals surface area (Å²) in [6, 6.07) is 9.67. The maximum absolute atomic E-state index is 6.25. The summed E-state index contributed by atoms with van der Waals surface area (Å²) in [5, 5.41) is 8.20. The van der Waals surface area contributed by atoms with Gasteiger partial charge in [-0.3, -0.25) is 0 Å². The maximum atomic E-state index is 6.25. The molecule has 1 N–H and O–H groups in total. The average Bonchev–Trinajstić information content (AvgIpc) is 2.82. The number of hydrogen-bond donors (Lipinski definition) is 1. The van der Waals surface area contributed by atoms with Crippen LogP contribution in [0.3, 0.4) is 0 Å². The van der Waals surface area contributed by atoms with E-state index in [9.17, 15) is 0 Å². The molecule has 0 amide bonds. The lowest BCUT2D eigenvalue weighted by Gasteiger charge is -2.06. The number of halogens is 1. The van der Waals surface area contributed by atoms with Crippen molar-refractivity contribution in [3.8, 4) is 11.1 Å². The largest absolute Gasteiger partial charge is 0.373 e. The molecule has 0 aliphatic heterocycles. The summed E-state index contributed by atoms with van der Waals surface area (Å²) < 4.78 is 1.78. The van der Waals surface area contributed by atoms with Gasteiger partial charge in [-0.05, 0) is 13.0 Å². The Morgan fingerprint density at radius 1 is 1.21 bits per heavy atom. The normalized spacial score (nSPS) is 10.9. The van der Waals surface area contributed by atoms with E-state index in [1.54, 1.807) is 10.7 Å². The summed E-state index contributed by atoms with van der Waals surface area (Å²) in [6.07, 6.45) is 1.80. The minimum Gasteiger partial charge on any atom is -0.373 e. The highest BCUT2D eigenvalue weighted by Crippen LogP contribution is 2.31. The predicted molar refractivity (Wildman–Crippen MR) is 77.7 cm³/mol. The van der Waals surface area contributed by atoms with E-state index in [2.05, 4.69) is 15.4 Å². The number of anilines is 1. The van der Waals surface area contributed by atoms with Gasteiger partial charge in [0.2, 0.25) is 0 Å². The van der Waals surface area contributed by atoms with Crippen LogP contribution in [-0.2, 0) is 0 Å². The molecule has 0 radical (unpaired) electrons. The van der Waals surface area contributed by atoms with Gasteiger partial charge in [0.15, 0.2) is 5.65 Å². The second-order valence-corrected chi connectivity index (χ2v) is 4.71. The number of nitrogens with zero attached hydrogens (tertiary/aromatic N) is 3. The molecule has 2 heterocycles. The van der Waals surface area contributed by atoms with Crippen molar-refractivity contribution in [1.29, 1.82) is 0 Å². The molecule has 0 atom stereocenters. The molecule has 5 heteroatoms. The summed E-state index contributed by atoms with van der Waals surface area (Å²) in [7, 11) is 1.87. The number of hydrogen-bond acceptors (Lipinski definition) is 3. The van der Waals surface area contributed by atoms with E-state index in [4.69, 9.17) is 11.6 Å². The van der Waals surface area contributed by atoms with Gasteiger partial charge >= 0.3 is 0 Å². The zero-order valence-electron chi connectivity index (χ0n) is 10.7. The number of nitrogens with one attached hydrogen (secondary N) is 1. The van der Waals surface area contributed by atoms with Gasteiger partial charge in [0.1, 0.15) is 5.82 Å². The van der Waals surface area contributed by atoms with Crippen LogP contribution < -0.4 is 5.32 Å². The van der Waals surface area contributed by atoms with Gasteiger partial charge in [-0.25, -0.2) is 4.98 Å². The lowest BCUT2D eigenvalue weighted by Crippen LogP contribution is -2.01. The first-order valence-corrected chi connectivity index (χ1v) is 6.36. The van der Waals surface area contributed by atoms with E-state index in [0.717, 1.165) is 28.3 Å². The molecule has 2 aromatic heterocycles. The van der Waals surface area contributed by atoms with Crippen molar-refractivity contribution in [1.82, 2.24) is 14.6 Å². The smallest absolute Gasteiger partial charge is 0.165 e. The Balaban J connectivity index is 2.32. The molecule has 0 unspecified atom stereocenters. The molecule has 0 fully saturated rings. The molecule has 0 aliphatic carbocycles. The first-order chi connectivity index (χ1) is 9.20. The van der Waals surface area contributed by atoms with E-state index < -0.39 is 0 Å². The molecular weight excluding hydrogens is 260 g/mol. The van der Waals surface area contributed by atoms with Gasteiger partial charge < -0.3 is 5.32 Å². The summed E-state index contributed by atoms with van der Waals surface area (Å²) >= 11 is 6.25. The highest BCUT2D eigenvalue weighted by atomic mass is 35.5. The SMILES string of the molecule is CNc1cc(C)nc2c(-c3ccccc3Cl)cnn12. The van der Waals surface area contributed by atoms with Gasteiger partial charge in [-0.15, -0.1) is 0 Å². The third kappa shape index (κ3) is 1.94. The first-order valence-electron chi connectivity index (χ1n) is 5.98. The van der Waals surface area contributed by atoms with Crippen molar-refractivity contribution < 1.29 is 0 Å². The third-order valence-electron chi connectivity index (χ3n) is 3.02. The predicted octanol–water partition coefficient (Wildman–Crippen LogP) is 3.40. The van der Waals surface area contributed by atoms with Crippen LogP contribution >= 0.6 is 11.6 Å². The molecule has 0 spiro atoms. The van der Waals surface area contributed by atoms with Crippen molar-refractivity contribution in [2.45, 2.75) is 6.92 Å². The topological polar surface area (TPSA) is 42.2 Å². The van der Waals surface area contributed by atoms with Gasteiger partial charge in [-0.2, -0.15) is 9.61 Å². The molecule has 1 aromatic carbocycles. The Hall–Kier alpha value is -2.07. The average molecular weight is 273 g/mol. The molecule has 96 valence electrons. The Kier molecular flexibility index (Phi) is 2.87. The first kappa shape index (κ1) is 12.0. The zero-order chi connectivity index (χ0) is 13.4. The van der Waals surface area contributed by atoms with Crippen LogP contribution in [0.4, 0.5) is 5.82 Å². The van der Waals surface area contributed by atoms with Crippen molar-refractivity contribution in [3.63, 3.8) is 0 Å². The summed E-state index contributed by atoms with van der Waals surface area (Å²) in [6.45, 7) is 1.96. The fraction of sp³-hybridized carbons (Fsp3) is 0.143. The molecule has 0 bridgehead atoms. The summed E-state index contributed by atoms with van der Waals surface area (Å²) in [5.41, 5.74) is 3.62. The quantitative estimate of drug-likeness (QED) is 0.777. The Morgan fingerprint density at radius 3 is 2.74 bits per heavy atom. The zero-order valence-corrected chi connectivity index (χ0v) is 11.4. The van der Waals surface area contributed by atoms with E-state index in [0.29, 0.717) is 5.02 Å². The second-order valence-electron chi connectivity index (χ2n) is 4.31. The van der Waals surface area contributed by atoms with Crippen molar-refractivity contribution in [2.75, 3.05) is 12.4 Å². The number of fused-ring (bicyclic) bond motifs is 1. The fourth-order valence-electron chi connectivity index (χ4n) is 2.13. The fourth-order valence-corrected chi connectivity index (χ4v) is 2.37. The van der Waals surface area contributed by atoms with Crippen LogP contribution in [0, 0.1) is 6.92 Å². The molecule has 3 aromatic rings. The number of aromatic nitrogens is 3. The van der Waals surface area contributed by atoms with Crippen molar-refractivity contribution in [3.05, 3.63) is 47.2 Å². The van der Waals surface area contributed by atoms with Crippen LogP contribution in [0.2, 0.25) is 5.02 Å². The van der Waals surface area contributed by atoms with Crippen LogP contribution in [0.25, 0.3) is 16.8 Å². The summed E-state index contributed by atoms with van der Waals surface area (Å²) in [4.78, 5) is 4.56. The Morgan fingerprint density at radius 2 is 2.00 bits per heavy atom. The Bertz CT molecular complexity index is 748. The van der Waals surface area contributed by atoms with E-state index in [1.165, 1.54) is 0 Å². The lowest BCUT2D eigenvalue weighted by molar-refractivity contribution is 0.934. The second kappa shape index (κ2) is 4.55. The number of rotatable bonds is 2. The van der Waals surface area contributed by atoms with Crippen molar-refractivity contribution >= 4 is 23.1 Å². The number of aryl methyl sites for hydroxylation is 1. The highest BCUT2D eigenvalue weighted by molar-refractivity contribution is 6.33. The van der Waals surface area contributed by atoms with Gasteiger partial charge in [0, 0.05) is 35.0 Å². The molecule has 4 nitrogen and oxygen atoms in total. The van der Waals surface area contributed by atoms with E-state index in [-0.39, 0.29) is 0 Å². The molecule has 19 heavy (non-hydrogen) atoms. The van der Waals surface area contributed by atoms with Crippen LogP contribution in [0.15, 0.2) is 36.5 Å². The van der Waals surface area contributed by atoms with Gasteiger partial charge in [0.25, 0.3) is 0 Å². The Labute approximate surface area is 116 Å². The van der Waals surface area contributed by atoms with Crippen LogP contribution in [-0.4, -0.2) is 21.6 Å². The minimum atomic E-state index is 0.701. The monoisotopic (exact) mass is 272 g/mol. The molecule has 0 saturated carbocycles. The standard InChI is InChI=1S/C14H13ClN4/c1-9-7-13(16-2)19-14(18-9)11(8-17-19)10-5-3-4-6-12(10)15/h3-8,16H,1-2H3. The third-order valence-corrected chi connectivity index (χ3v) is 3.35. The lowest BCUT2D eigenvalue weighted by atomic mass is 10.1. The summed E-state index contributed by atoms with van der Waals surface area (Å²) in [5.74, 6) is 0.904. The van der Waals surface area contributed by atoms with E-state index >= 15 is 0 Å². The van der Waals surface area contributed by atoms with Gasteiger partial charge in [-0.1, -0.05) is 29.8 Å². The molecule has 3 rings (SSSR count). The highest BCUT2D eigenvalue weighted by Gasteiger charge is 2.13. The van der Waals surface area contributed by atoms with Crippen LogP contribution in [0.5, 0.6) is 0 Å². The molecule has 0 saturated heterocycles. The minimum absolute atomic E-state index is 0.701.